The lowest BCUT2D eigenvalue weighted by Crippen LogP contribution is -2.48. The number of carbonyl (C=O) groups excluding carboxylic acids is 3. The Morgan fingerprint density at radius 2 is 2.00 bits per heavy atom. The van der Waals surface area contributed by atoms with Gasteiger partial charge in [-0.15, -0.1) is 11.6 Å². The largest absolute Gasteiger partial charge is 0.434 e. The van der Waals surface area contributed by atoms with Gasteiger partial charge in [-0.3, -0.25) is 9.63 Å². The molecule has 0 spiro atoms. The van der Waals surface area contributed by atoms with E-state index in [-0.39, 0.29) is 6.54 Å². The zero-order chi connectivity index (χ0) is 15.5. The fourth-order valence-corrected chi connectivity index (χ4v) is 1.26. The van der Waals surface area contributed by atoms with Gasteiger partial charge in [-0.2, -0.15) is 0 Å². The van der Waals surface area contributed by atoms with Crippen LogP contribution in [0.4, 0.5) is 9.59 Å². The molecule has 4 N–H and O–H groups in total. The van der Waals surface area contributed by atoms with Crippen LogP contribution in [0.5, 0.6) is 0 Å². The van der Waals surface area contributed by atoms with E-state index in [2.05, 4.69) is 20.2 Å². The van der Waals surface area contributed by atoms with Gasteiger partial charge in [0.25, 0.3) is 5.91 Å². The molecule has 9 nitrogen and oxygen atoms in total. The number of ether oxygens (including phenoxy) is 1. The summed E-state index contributed by atoms with van der Waals surface area (Å²) in [6, 6.07) is -0.513. The summed E-state index contributed by atoms with van der Waals surface area (Å²) in [7, 11) is 2.60. The minimum absolute atomic E-state index is 0.234. The Kier molecular flexibility index (Phi) is 9.22. The normalized spacial score (nSPS) is 11.3. The molecule has 0 bridgehead atoms. The van der Waals surface area contributed by atoms with Gasteiger partial charge in [-0.05, 0) is 6.42 Å². The smallest absolute Gasteiger partial charge is 0.405 e. The van der Waals surface area contributed by atoms with Crippen molar-refractivity contribution in [1.29, 1.82) is 0 Å². The molecule has 4 amide bonds. The highest BCUT2D eigenvalue weighted by molar-refractivity contribution is 6.17. The van der Waals surface area contributed by atoms with Crippen molar-refractivity contribution >= 4 is 29.6 Å². The molecule has 0 aromatic carbocycles. The van der Waals surface area contributed by atoms with E-state index in [0.717, 1.165) is 5.06 Å². The number of nitrogens with one attached hydrogen (secondary N) is 2. The second-order valence-electron chi connectivity index (χ2n) is 3.62. The van der Waals surface area contributed by atoms with Gasteiger partial charge >= 0.3 is 12.1 Å². The van der Waals surface area contributed by atoms with E-state index in [4.69, 9.17) is 17.3 Å². The Bertz CT molecular complexity index is 342. The maximum Gasteiger partial charge on any atom is 0.405 e. The van der Waals surface area contributed by atoms with Gasteiger partial charge in [0.2, 0.25) is 6.10 Å². The molecule has 0 saturated carbocycles. The first-order chi connectivity index (χ1) is 9.42. The number of primary amides is 1. The molecule has 1 unspecified atom stereocenters. The monoisotopic (exact) mass is 310 g/mol. The number of carbonyl (C=O) groups is 3. The topological polar surface area (TPSA) is 123 Å². The van der Waals surface area contributed by atoms with E-state index in [0.29, 0.717) is 18.8 Å². The van der Waals surface area contributed by atoms with E-state index in [1.54, 1.807) is 0 Å². The fraction of sp³-hybridized carbons (Fsp3) is 0.700. The van der Waals surface area contributed by atoms with Crippen molar-refractivity contribution in [2.24, 2.45) is 5.73 Å². The minimum Gasteiger partial charge on any atom is -0.434 e. The second-order valence-corrected chi connectivity index (χ2v) is 4.00. The summed E-state index contributed by atoms with van der Waals surface area (Å²) in [6.45, 7) is 0.158. The summed E-state index contributed by atoms with van der Waals surface area (Å²) in [5.74, 6) is -0.238. The lowest BCUT2D eigenvalue weighted by molar-refractivity contribution is -0.177. The molecule has 0 aromatic heterocycles. The molecule has 0 aliphatic rings. The zero-order valence-electron chi connectivity index (χ0n) is 11.3. The van der Waals surface area contributed by atoms with Crippen LogP contribution in [-0.2, 0) is 14.4 Å². The molecule has 0 saturated heterocycles. The van der Waals surface area contributed by atoms with Crippen LogP contribution in [0.1, 0.15) is 6.42 Å². The summed E-state index contributed by atoms with van der Waals surface area (Å²) in [4.78, 5) is 38.5. The second kappa shape index (κ2) is 10.1. The highest BCUT2D eigenvalue weighted by Gasteiger charge is 2.26. The molecule has 0 heterocycles. The Morgan fingerprint density at radius 3 is 2.50 bits per heavy atom. The highest BCUT2D eigenvalue weighted by atomic mass is 35.5. The van der Waals surface area contributed by atoms with Crippen molar-refractivity contribution in [1.82, 2.24) is 15.7 Å². The van der Waals surface area contributed by atoms with Crippen molar-refractivity contribution in [2.45, 2.75) is 12.5 Å². The third kappa shape index (κ3) is 7.64. The van der Waals surface area contributed by atoms with E-state index in [9.17, 15) is 14.4 Å². The van der Waals surface area contributed by atoms with Crippen LogP contribution in [0, 0.1) is 0 Å². The predicted molar refractivity (Wildman–Crippen MR) is 71.0 cm³/mol. The number of amides is 4. The number of hydroxylamine groups is 2. The summed E-state index contributed by atoms with van der Waals surface area (Å²) >= 11 is 5.46. The molecule has 1 atom stereocenters. The van der Waals surface area contributed by atoms with Gasteiger partial charge < -0.3 is 21.1 Å². The average molecular weight is 311 g/mol. The number of hydrogen-bond donors (Lipinski definition) is 3. The molecule has 20 heavy (non-hydrogen) atoms. The molecule has 0 aliphatic carbocycles. The quantitative estimate of drug-likeness (QED) is 0.314. The first-order valence-electron chi connectivity index (χ1n) is 5.77. The first-order valence-corrected chi connectivity index (χ1v) is 6.31. The van der Waals surface area contributed by atoms with Crippen molar-refractivity contribution in [2.75, 3.05) is 33.1 Å². The van der Waals surface area contributed by atoms with Crippen LogP contribution in [0.3, 0.4) is 0 Å². The minimum atomic E-state index is -1.27. The van der Waals surface area contributed by atoms with Gasteiger partial charge in [-0.25, -0.2) is 14.7 Å². The third-order valence-corrected chi connectivity index (χ3v) is 2.43. The number of rotatable bonds is 8. The summed E-state index contributed by atoms with van der Waals surface area (Å²) < 4.78 is 4.62. The van der Waals surface area contributed by atoms with Gasteiger partial charge in [0.1, 0.15) is 0 Å². The van der Waals surface area contributed by atoms with Crippen LogP contribution in [0.2, 0.25) is 0 Å². The van der Waals surface area contributed by atoms with Gasteiger partial charge in [-0.1, -0.05) is 0 Å². The summed E-state index contributed by atoms with van der Waals surface area (Å²) in [5.41, 5.74) is 4.86. The third-order valence-electron chi connectivity index (χ3n) is 2.16. The molecular formula is C10H19ClN4O5. The van der Waals surface area contributed by atoms with Crippen molar-refractivity contribution in [3.8, 4) is 0 Å². The Morgan fingerprint density at radius 1 is 1.35 bits per heavy atom. The van der Waals surface area contributed by atoms with Gasteiger partial charge in [0.15, 0.2) is 0 Å². The number of likely N-dealkylation sites (N-methyl/N-ethyl adjacent to an activating group) is 1. The molecule has 10 heteroatoms. The van der Waals surface area contributed by atoms with Crippen LogP contribution in [0.15, 0.2) is 0 Å². The zero-order valence-corrected chi connectivity index (χ0v) is 12.1. The van der Waals surface area contributed by atoms with Crippen LogP contribution in [-0.4, -0.2) is 62.3 Å². The van der Waals surface area contributed by atoms with Gasteiger partial charge in [0, 0.05) is 19.5 Å². The van der Waals surface area contributed by atoms with Crippen molar-refractivity contribution in [3.63, 3.8) is 0 Å². The molecule has 0 aliphatic heterocycles. The Balaban J connectivity index is 4.33. The van der Waals surface area contributed by atoms with E-state index in [1.165, 1.54) is 14.2 Å². The SMILES string of the molecule is CON(C)C(=O)C(CNC(=O)NCCCCl)OC(N)=O. The Labute approximate surface area is 121 Å². The average Bonchev–Trinajstić information content (AvgIpc) is 2.41. The first kappa shape index (κ1) is 18.3. The summed E-state index contributed by atoms with van der Waals surface area (Å²) in [6.07, 6.45) is -1.78. The number of hydrogen-bond acceptors (Lipinski definition) is 5. The Hall–Kier alpha value is -1.74. The van der Waals surface area contributed by atoms with Crippen LogP contribution < -0.4 is 16.4 Å². The lowest BCUT2D eigenvalue weighted by Gasteiger charge is -2.21. The predicted octanol–water partition coefficient (Wildman–Crippen LogP) is -0.602. The number of alkyl halides is 1. The number of urea groups is 1. The van der Waals surface area contributed by atoms with Gasteiger partial charge in [0.05, 0.1) is 13.7 Å². The fourth-order valence-electron chi connectivity index (χ4n) is 1.13. The number of nitrogens with zero attached hydrogens (tertiary/aromatic N) is 1. The van der Waals surface area contributed by atoms with Crippen molar-refractivity contribution in [3.05, 3.63) is 0 Å². The highest BCUT2D eigenvalue weighted by Crippen LogP contribution is 1.98. The summed E-state index contributed by atoms with van der Waals surface area (Å²) in [5, 5.41) is 5.75. The van der Waals surface area contributed by atoms with Crippen molar-refractivity contribution < 1.29 is 24.0 Å². The van der Waals surface area contributed by atoms with E-state index < -0.39 is 24.1 Å². The molecule has 0 fully saturated rings. The van der Waals surface area contributed by atoms with Crippen LogP contribution >= 0.6 is 11.6 Å². The van der Waals surface area contributed by atoms with E-state index >= 15 is 0 Å². The molecule has 116 valence electrons. The molecule has 0 aromatic rings. The molecule has 0 radical (unpaired) electrons. The molecule has 0 rings (SSSR count). The number of halogens is 1. The van der Waals surface area contributed by atoms with E-state index in [1.807, 2.05) is 0 Å². The molecular weight excluding hydrogens is 292 g/mol. The standard InChI is InChI=1S/C10H19ClN4O5/c1-15(19-2)8(16)7(20-9(12)17)6-14-10(18)13-5-3-4-11/h7H,3-6H2,1-2H3,(H2,12,17)(H2,13,14,18). The maximum absolute atomic E-state index is 11.8. The maximum atomic E-state index is 11.8. The number of nitrogens with two attached hydrogens (primary N) is 1. The van der Waals surface area contributed by atoms with Crippen LogP contribution in [0.25, 0.3) is 0 Å². The lowest BCUT2D eigenvalue weighted by atomic mass is 10.3.